The van der Waals surface area contributed by atoms with Crippen LogP contribution < -0.4 is 0 Å². The van der Waals surface area contributed by atoms with Crippen LogP contribution in [0.5, 0.6) is 0 Å². The summed E-state index contributed by atoms with van der Waals surface area (Å²) in [5, 5.41) is 9.44. The molecular formula is C15H24O3. The van der Waals surface area contributed by atoms with E-state index in [0.29, 0.717) is 5.76 Å². The molecule has 102 valence electrons. The van der Waals surface area contributed by atoms with Crippen molar-refractivity contribution in [2.45, 2.75) is 58.3 Å². The molecule has 0 fully saturated rings. The number of carboxylic acids is 1. The van der Waals surface area contributed by atoms with E-state index in [-0.39, 0.29) is 5.92 Å². The highest BCUT2D eigenvalue weighted by Gasteiger charge is 2.30. The zero-order valence-electron chi connectivity index (χ0n) is 11.4. The van der Waals surface area contributed by atoms with Crippen molar-refractivity contribution in [2.24, 2.45) is 5.92 Å². The molecule has 0 amide bonds. The van der Waals surface area contributed by atoms with E-state index < -0.39 is 11.9 Å². The molecule has 0 spiro atoms. The van der Waals surface area contributed by atoms with Crippen LogP contribution in [0.3, 0.4) is 0 Å². The minimum absolute atomic E-state index is 0.185. The Hall–Kier alpha value is -1.25. The molecule has 0 aliphatic rings. The fourth-order valence-electron chi connectivity index (χ4n) is 2.53. The molecule has 1 aromatic heterocycles. The first-order chi connectivity index (χ1) is 8.70. The Kier molecular flexibility index (Phi) is 6.55. The first kappa shape index (κ1) is 14.8. The summed E-state index contributed by atoms with van der Waals surface area (Å²) in [5.41, 5.74) is 0. The van der Waals surface area contributed by atoms with Gasteiger partial charge in [0.05, 0.1) is 6.26 Å². The van der Waals surface area contributed by atoms with Crippen molar-refractivity contribution in [3.63, 3.8) is 0 Å². The molecule has 0 aromatic carbocycles. The first-order valence-electron chi connectivity index (χ1n) is 6.96. The molecule has 0 aliphatic carbocycles. The number of carbonyl (C=O) groups is 1. The van der Waals surface area contributed by atoms with Gasteiger partial charge in [0.25, 0.3) is 0 Å². The molecule has 0 bridgehead atoms. The van der Waals surface area contributed by atoms with E-state index in [1.165, 1.54) is 6.42 Å². The SMILES string of the molecule is CCCCCC(CCC)C(C(=O)O)c1ccco1. The van der Waals surface area contributed by atoms with Crippen molar-refractivity contribution in [1.29, 1.82) is 0 Å². The van der Waals surface area contributed by atoms with Crippen molar-refractivity contribution >= 4 is 5.97 Å². The average Bonchev–Trinajstić information content (AvgIpc) is 2.83. The fraction of sp³-hybridized carbons (Fsp3) is 0.667. The summed E-state index contributed by atoms with van der Waals surface area (Å²) in [6.07, 6.45) is 7.93. The Labute approximate surface area is 109 Å². The van der Waals surface area contributed by atoms with Gasteiger partial charge in [0, 0.05) is 0 Å². The van der Waals surface area contributed by atoms with Crippen LogP contribution in [0.1, 0.15) is 64.1 Å². The van der Waals surface area contributed by atoms with Gasteiger partial charge in [-0.05, 0) is 30.9 Å². The number of carboxylic acid groups (broad SMARTS) is 1. The van der Waals surface area contributed by atoms with Gasteiger partial charge in [-0.1, -0.05) is 39.5 Å². The molecule has 0 saturated heterocycles. The molecule has 3 heteroatoms. The Balaban J connectivity index is 2.74. The van der Waals surface area contributed by atoms with Gasteiger partial charge in [-0.15, -0.1) is 0 Å². The van der Waals surface area contributed by atoms with Crippen LogP contribution in [0.2, 0.25) is 0 Å². The van der Waals surface area contributed by atoms with Crippen LogP contribution >= 0.6 is 0 Å². The van der Waals surface area contributed by atoms with Gasteiger partial charge in [0.15, 0.2) is 0 Å². The van der Waals surface area contributed by atoms with Gasteiger partial charge < -0.3 is 9.52 Å². The molecule has 1 aromatic rings. The summed E-state index contributed by atoms with van der Waals surface area (Å²) in [6.45, 7) is 4.27. The van der Waals surface area contributed by atoms with E-state index in [0.717, 1.165) is 32.1 Å². The van der Waals surface area contributed by atoms with Crippen molar-refractivity contribution in [2.75, 3.05) is 0 Å². The van der Waals surface area contributed by atoms with Gasteiger partial charge >= 0.3 is 5.97 Å². The Morgan fingerprint density at radius 3 is 2.56 bits per heavy atom. The largest absolute Gasteiger partial charge is 0.481 e. The summed E-state index contributed by atoms with van der Waals surface area (Å²) in [4.78, 5) is 11.5. The highest BCUT2D eigenvalue weighted by Crippen LogP contribution is 2.32. The summed E-state index contributed by atoms with van der Waals surface area (Å²) in [5.74, 6) is -0.473. The van der Waals surface area contributed by atoms with Gasteiger partial charge in [0.1, 0.15) is 11.7 Å². The van der Waals surface area contributed by atoms with E-state index in [9.17, 15) is 9.90 Å². The lowest BCUT2D eigenvalue weighted by atomic mass is 9.83. The topological polar surface area (TPSA) is 50.4 Å². The maximum Gasteiger partial charge on any atom is 0.314 e. The number of furan rings is 1. The Morgan fingerprint density at radius 1 is 1.28 bits per heavy atom. The number of hydrogen-bond donors (Lipinski definition) is 1. The van der Waals surface area contributed by atoms with Crippen molar-refractivity contribution in [3.8, 4) is 0 Å². The molecule has 0 radical (unpaired) electrons. The zero-order valence-corrected chi connectivity index (χ0v) is 11.4. The Bertz CT molecular complexity index is 330. The van der Waals surface area contributed by atoms with E-state index in [2.05, 4.69) is 13.8 Å². The van der Waals surface area contributed by atoms with Crippen molar-refractivity contribution in [3.05, 3.63) is 24.2 Å². The number of hydrogen-bond acceptors (Lipinski definition) is 2. The summed E-state index contributed by atoms with van der Waals surface area (Å²) in [6, 6.07) is 3.54. The highest BCUT2D eigenvalue weighted by atomic mass is 16.4. The Morgan fingerprint density at radius 2 is 2.06 bits per heavy atom. The molecule has 1 heterocycles. The minimum atomic E-state index is -0.764. The molecule has 1 N–H and O–H groups in total. The van der Waals surface area contributed by atoms with Gasteiger partial charge in [0.2, 0.25) is 0 Å². The zero-order chi connectivity index (χ0) is 13.4. The third-order valence-electron chi connectivity index (χ3n) is 3.43. The van der Waals surface area contributed by atoms with Crippen LogP contribution in [0.25, 0.3) is 0 Å². The van der Waals surface area contributed by atoms with Crippen LogP contribution in [-0.2, 0) is 4.79 Å². The van der Waals surface area contributed by atoms with Gasteiger partial charge in [-0.25, -0.2) is 0 Å². The molecule has 0 saturated carbocycles. The number of rotatable bonds is 9. The molecule has 0 aliphatic heterocycles. The quantitative estimate of drug-likeness (QED) is 0.661. The van der Waals surface area contributed by atoms with Crippen LogP contribution in [0.15, 0.2) is 22.8 Å². The summed E-state index contributed by atoms with van der Waals surface area (Å²) >= 11 is 0. The molecule has 1 rings (SSSR count). The number of unbranched alkanes of at least 4 members (excludes halogenated alkanes) is 2. The first-order valence-corrected chi connectivity index (χ1v) is 6.96. The second-order valence-corrected chi connectivity index (χ2v) is 4.88. The maximum atomic E-state index is 11.5. The second kappa shape index (κ2) is 7.96. The van der Waals surface area contributed by atoms with E-state index in [1.54, 1.807) is 18.4 Å². The second-order valence-electron chi connectivity index (χ2n) is 4.88. The van der Waals surface area contributed by atoms with Gasteiger partial charge in [-0.3, -0.25) is 4.79 Å². The van der Waals surface area contributed by atoms with Crippen LogP contribution in [0.4, 0.5) is 0 Å². The molecule has 2 unspecified atom stereocenters. The molecule has 2 atom stereocenters. The van der Waals surface area contributed by atoms with E-state index in [1.807, 2.05) is 0 Å². The predicted octanol–water partition coefficient (Wildman–Crippen LogP) is 4.44. The van der Waals surface area contributed by atoms with Gasteiger partial charge in [-0.2, -0.15) is 0 Å². The smallest absolute Gasteiger partial charge is 0.314 e. The van der Waals surface area contributed by atoms with Crippen molar-refractivity contribution in [1.82, 2.24) is 0 Å². The third-order valence-corrected chi connectivity index (χ3v) is 3.43. The summed E-state index contributed by atoms with van der Waals surface area (Å²) in [7, 11) is 0. The highest BCUT2D eigenvalue weighted by molar-refractivity contribution is 5.75. The molecule has 3 nitrogen and oxygen atoms in total. The maximum absolute atomic E-state index is 11.5. The monoisotopic (exact) mass is 252 g/mol. The molecular weight excluding hydrogens is 228 g/mol. The summed E-state index contributed by atoms with van der Waals surface area (Å²) < 4.78 is 5.31. The van der Waals surface area contributed by atoms with E-state index >= 15 is 0 Å². The standard InChI is InChI=1S/C15H24O3/c1-3-5-6-9-12(8-4-2)14(15(16)17)13-10-7-11-18-13/h7,10-12,14H,3-6,8-9H2,1-2H3,(H,16,17). The van der Waals surface area contributed by atoms with Crippen molar-refractivity contribution < 1.29 is 14.3 Å². The predicted molar refractivity (Wildman–Crippen MR) is 71.6 cm³/mol. The lowest BCUT2D eigenvalue weighted by Gasteiger charge is -2.22. The normalized spacial score (nSPS) is 14.3. The third kappa shape index (κ3) is 4.21. The van der Waals surface area contributed by atoms with E-state index in [4.69, 9.17) is 4.42 Å². The average molecular weight is 252 g/mol. The van der Waals surface area contributed by atoms with Crippen LogP contribution in [-0.4, -0.2) is 11.1 Å². The fourth-order valence-corrected chi connectivity index (χ4v) is 2.53. The molecule has 18 heavy (non-hydrogen) atoms. The minimum Gasteiger partial charge on any atom is -0.481 e. The lowest BCUT2D eigenvalue weighted by Crippen LogP contribution is -2.21. The van der Waals surface area contributed by atoms with Crippen LogP contribution in [0, 0.1) is 5.92 Å². The lowest BCUT2D eigenvalue weighted by molar-refractivity contribution is -0.140. The number of aliphatic carboxylic acids is 1.